The highest BCUT2D eigenvalue weighted by molar-refractivity contribution is 7.86. The van der Waals surface area contributed by atoms with Crippen LogP contribution in [0.3, 0.4) is 0 Å². The highest BCUT2D eigenvalue weighted by Crippen LogP contribution is 2.34. The minimum absolute atomic E-state index is 0.0211. The Morgan fingerprint density at radius 3 is 2.48 bits per heavy atom. The highest BCUT2D eigenvalue weighted by atomic mass is 32.2. The first kappa shape index (κ1) is 19.4. The molecule has 148 valence electrons. The Morgan fingerprint density at radius 2 is 1.72 bits per heavy atom. The Labute approximate surface area is 171 Å². The van der Waals surface area contributed by atoms with Gasteiger partial charge in [0.15, 0.2) is 0 Å². The van der Waals surface area contributed by atoms with E-state index in [2.05, 4.69) is 0 Å². The maximum absolute atomic E-state index is 12.4. The molecule has 0 N–H and O–H groups in total. The third-order valence-corrected chi connectivity index (χ3v) is 6.13. The van der Waals surface area contributed by atoms with Crippen LogP contribution in [0.1, 0.15) is 22.3 Å². The molecule has 0 bridgehead atoms. The normalized spacial score (nSPS) is 16.0. The molecule has 0 amide bonds. The van der Waals surface area contributed by atoms with Gasteiger partial charge in [-0.2, -0.15) is 8.42 Å². The van der Waals surface area contributed by atoms with E-state index in [0.29, 0.717) is 6.42 Å². The molecule has 4 nitrogen and oxygen atoms in total. The highest BCUT2D eigenvalue weighted by Gasteiger charge is 2.27. The summed E-state index contributed by atoms with van der Waals surface area (Å²) in [5, 5.41) is 0. The quantitative estimate of drug-likeness (QED) is 0.433. The number of hydrogen-bond acceptors (Lipinski definition) is 4. The largest absolute Gasteiger partial charge is 0.487 e. The lowest BCUT2D eigenvalue weighted by atomic mass is 10.1. The van der Waals surface area contributed by atoms with Gasteiger partial charge in [0, 0.05) is 12.0 Å². The topological polar surface area (TPSA) is 52.6 Å². The maximum atomic E-state index is 12.4. The minimum Gasteiger partial charge on any atom is -0.487 e. The first-order chi connectivity index (χ1) is 14.0. The van der Waals surface area contributed by atoms with Crippen LogP contribution in [0.15, 0.2) is 77.7 Å². The SMILES string of the molecule is Cc1ccc(S(=O)(=O)OCC2Cc3cccc(C=Cc4ccccc4)c3O2)cc1. The van der Waals surface area contributed by atoms with Crippen LogP contribution in [0.4, 0.5) is 0 Å². The van der Waals surface area contributed by atoms with Gasteiger partial charge in [-0.15, -0.1) is 0 Å². The monoisotopic (exact) mass is 406 g/mol. The lowest BCUT2D eigenvalue weighted by molar-refractivity contribution is 0.152. The van der Waals surface area contributed by atoms with E-state index in [1.807, 2.05) is 67.6 Å². The molecule has 3 aromatic carbocycles. The van der Waals surface area contributed by atoms with E-state index in [0.717, 1.165) is 28.0 Å². The molecule has 0 aliphatic carbocycles. The standard InChI is InChI=1S/C24H22O4S/c1-18-10-14-23(15-11-18)29(25,26)27-17-22-16-21-9-5-8-20(24(21)28-22)13-12-19-6-3-2-4-7-19/h2-15,22H,16-17H2,1H3. The molecular weight excluding hydrogens is 384 g/mol. The molecule has 4 rings (SSSR count). The number of fused-ring (bicyclic) bond motifs is 1. The Kier molecular flexibility index (Phi) is 5.51. The van der Waals surface area contributed by atoms with Crippen molar-refractivity contribution in [2.45, 2.75) is 24.3 Å². The summed E-state index contributed by atoms with van der Waals surface area (Å²) in [6, 6.07) is 22.6. The number of rotatable bonds is 6. The Hall–Kier alpha value is -2.89. The molecule has 0 saturated carbocycles. The van der Waals surface area contributed by atoms with Crippen molar-refractivity contribution >= 4 is 22.3 Å². The molecule has 0 saturated heterocycles. The van der Waals surface area contributed by atoms with E-state index in [9.17, 15) is 8.42 Å². The zero-order valence-corrected chi connectivity index (χ0v) is 16.9. The molecule has 0 fully saturated rings. The summed E-state index contributed by atoms with van der Waals surface area (Å²) in [4.78, 5) is 0.157. The second-order valence-corrected chi connectivity index (χ2v) is 8.69. The van der Waals surface area contributed by atoms with Crippen molar-refractivity contribution in [3.63, 3.8) is 0 Å². The maximum Gasteiger partial charge on any atom is 0.297 e. The lowest BCUT2D eigenvalue weighted by Crippen LogP contribution is -2.23. The van der Waals surface area contributed by atoms with Crippen molar-refractivity contribution in [2.75, 3.05) is 6.61 Å². The van der Waals surface area contributed by atoms with Crippen LogP contribution in [0.25, 0.3) is 12.2 Å². The number of benzene rings is 3. The van der Waals surface area contributed by atoms with Crippen molar-refractivity contribution in [3.05, 3.63) is 95.1 Å². The van der Waals surface area contributed by atoms with Crippen LogP contribution < -0.4 is 4.74 Å². The van der Waals surface area contributed by atoms with E-state index in [4.69, 9.17) is 8.92 Å². The molecule has 1 aliphatic rings. The predicted molar refractivity (Wildman–Crippen MR) is 114 cm³/mol. The smallest absolute Gasteiger partial charge is 0.297 e. The third-order valence-electron chi connectivity index (χ3n) is 4.83. The number of hydrogen-bond donors (Lipinski definition) is 0. The number of aryl methyl sites for hydroxylation is 1. The molecule has 1 aliphatic heterocycles. The van der Waals surface area contributed by atoms with E-state index in [-0.39, 0.29) is 17.6 Å². The molecule has 3 aromatic rings. The first-order valence-corrected chi connectivity index (χ1v) is 10.9. The average molecular weight is 407 g/mol. The van der Waals surface area contributed by atoms with Gasteiger partial charge < -0.3 is 4.74 Å². The zero-order chi connectivity index (χ0) is 20.3. The van der Waals surface area contributed by atoms with Crippen molar-refractivity contribution in [1.82, 2.24) is 0 Å². The van der Waals surface area contributed by atoms with Crippen LogP contribution in [0.2, 0.25) is 0 Å². The van der Waals surface area contributed by atoms with E-state index >= 15 is 0 Å². The van der Waals surface area contributed by atoms with Crippen molar-refractivity contribution in [3.8, 4) is 5.75 Å². The molecule has 0 aromatic heterocycles. The summed E-state index contributed by atoms with van der Waals surface area (Å²) in [6.45, 7) is 1.89. The summed E-state index contributed by atoms with van der Waals surface area (Å²) < 4.78 is 36.1. The summed E-state index contributed by atoms with van der Waals surface area (Å²) in [7, 11) is -3.80. The van der Waals surface area contributed by atoms with Gasteiger partial charge in [0.1, 0.15) is 18.5 Å². The van der Waals surface area contributed by atoms with Crippen molar-refractivity contribution in [1.29, 1.82) is 0 Å². The fourth-order valence-corrected chi connectivity index (χ4v) is 4.21. The van der Waals surface area contributed by atoms with Gasteiger partial charge >= 0.3 is 0 Å². The van der Waals surface area contributed by atoms with Crippen molar-refractivity contribution < 1.29 is 17.3 Å². The second-order valence-electron chi connectivity index (χ2n) is 7.08. The van der Waals surface area contributed by atoms with E-state index in [1.54, 1.807) is 24.3 Å². The summed E-state index contributed by atoms with van der Waals surface area (Å²) in [6.07, 6.45) is 4.33. The van der Waals surface area contributed by atoms with Gasteiger partial charge in [-0.1, -0.05) is 78.4 Å². The van der Waals surface area contributed by atoms with Crippen molar-refractivity contribution in [2.24, 2.45) is 0 Å². The lowest BCUT2D eigenvalue weighted by Gasteiger charge is -2.12. The Bertz CT molecular complexity index is 1120. The van der Waals surface area contributed by atoms with E-state index < -0.39 is 10.1 Å². The van der Waals surface area contributed by atoms with Crippen LogP contribution in [-0.2, 0) is 20.7 Å². The number of para-hydroxylation sites is 1. The van der Waals surface area contributed by atoms with Gasteiger partial charge in [-0.25, -0.2) is 0 Å². The van der Waals surface area contributed by atoms with Gasteiger partial charge in [-0.05, 0) is 30.2 Å². The van der Waals surface area contributed by atoms with Gasteiger partial charge in [0.25, 0.3) is 10.1 Å². The second kappa shape index (κ2) is 8.23. The molecule has 5 heteroatoms. The molecule has 0 spiro atoms. The van der Waals surface area contributed by atoms with Crippen LogP contribution in [0.5, 0.6) is 5.75 Å². The first-order valence-electron chi connectivity index (χ1n) is 9.49. The molecule has 29 heavy (non-hydrogen) atoms. The molecule has 1 atom stereocenters. The average Bonchev–Trinajstić information content (AvgIpc) is 3.16. The molecule has 1 unspecified atom stereocenters. The Morgan fingerprint density at radius 1 is 0.966 bits per heavy atom. The van der Waals surface area contributed by atoms with Gasteiger partial charge in [-0.3, -0.25) is 4.18 Å². The fraction of sp³-hybridized carbons (Fsp3) is 0.167. The van der Waals surface area contributed by atoms with Crippen LogP contribution >= 0.6 is 0 Å². The zero-order valence-electron chi connectivity index (χ0n) is 16.1. The Balaban J connectivity index is 1.44. The van der Waals surface area contributed by atoms with E-state index in [1.165, 1.54) is 0 Å². The fourth-order valence-electron chi connectivity index (χ4n) is 3.28. The molecule has 1 heterocycles. The number of ether oxygens (including phenoxy) is 1. The summed E-state index contributed by atoms with van der Waals surface area (Å²) >= 11 is 0. The summed E-state index contributed by atoms with van der Waals surface area (Å²) in [5.41, 5.74) is 4.12. The van der Waals surface area contributed by atoms with Gasteiger partial charge in [0.05, 0.1) is 4.90 Å². The summed E-state index contributed by atoms with van der Waals surface area (Å²) in [5.74, 6) is 0.793. The minimum atomic E-state index is -3.80. The van der Waals surface area contributed by atoms with Crippen LogP contribution in [-0.4, -0.2) is 21.1 Å². The molecule has 0 radical (unpaired) electrons. The van der Waals surface area contributed by atoms with Crippen LogP contribution in [0, 0.1) is 6.92 Å². The molecular formula is C24H22O4S. The third kappa shape index (κ3) is 4.58. The predicted octanol–water partition coefficient (Wildman–Crippen LogP) is 4.87. The van der Waals surface area contributed by atoms with Gasteiger partial charge in [0.2, 0.25) is 0 Å².